The van der Waals surface area contributed by atoms with Crippen LogP contribution in [-0.4, -0.2) is 24.4 Å². The number of benzene rings is 1. The molecular formula is C22H19N7O. The molecule has 4 rings (SSSR count). The van der Waals surface area contributed by atoms with E-state index in [0.29, 0.717) is 28.0 Å². The Morgan fingerprint density at radius 1 is 1.13 bits per heavy atom. The van der Waals surface area contributed by atoms with Crippen LogP contribution in [0.1, 0.15) is 48.9 Å². The lowest BCUT2D eigenvalue weighted by Crippen LogP contribution is -2.22. The van der Waals surface area contributed by atoms with Crippen molar-refractivity contribution in [1.82, 2.24) is 24.4 Å². The van der Waals surface area contributed by atoms with E-state index in [0.717, 1.165) is 5.56 Å². The number of nitriles is 2. The number of nitrogens with one attached hydrogen (secondary N) is 1. The predicted octanol–water partition coefficient (Wildman–Crippen LogP) is 3.38. The highest BCUT2D eigenvalue weighted by Crippen LogP contribution is 2.28. The van der Waals surface area contributed by atoms with Crippen molar-refractivity contribution < 1.29 is 0 Å². The van der Waals surface area contributed by atoms with Crippen molar-refractivity contribution in [3.63, 3.8) is 0 Å². The van der Waals surface area contributed by atoms with Gasteiger partial charge < -0.3 is 4.98 Å². The summed E-state index contributed by atoms with van der Waals surface area (Å²) in [5.41, 5.74) is 3.24. The van der Waals surface area contributed by atoms with Crippen molar-refractivity contribution in [2.24, 2.45) is 0 Å². The molecular weight excluding hydrogens is 378 g/mol. The van der Waals surface area contributed by atoms with Crippen LogP contribution in [0.15, 0.2) is 53.7 Å². The Morgan fingerprint density at radius 2 is 1.90 bits per heavy atom. The first-order valence-corrected chi connectivity index (χ1v) is 9.55. The lowest BCUT2D eigenvalue weighted by Gasteiger charge is -2.15. The van der Waals surface area contributed by atoms with E-state index in [2.05, 4.69) is 27.3 Å². The minimum absolute atomic E-state index is 0.0738. The zero-order valence-electron chi connectivity index (χ0n) is 16.6. The number of hydrogen-bond acceptors (Lipinski definition) is 5. The van der Waals surface area contributed by atoms with Gasteiger partial charge in [0.2, 0.25) is 0 Å². The summed E-state index contributed by atoms with van der Waals surface area (Å²) in [5, 5.41) is 27.2. The molecule has 1 aromatic carbocycles. The zero-order chi connectivity index (χ0) is 21.3. The maximum absolute atomic E-state index is 13.1. The second kappa shape index (κ2) is 7.69. The number of nitrogens with zero attached hydrogens (tertiary/aromatic N) is 6. The molecule has 148 valence electrons. The lowest BCUT2D eigenvalue weighted by molar-refractivity contribution is 0.532. The number of fused-ring (bicyclic) bond motifs is 1. The van der Waals surface area contributed by atoms with Gasteiger partial charge in [-0.2, -0.15) is 25.2 Å². The van der Waals surface area contributed by atoms with Crippen LogP contribution >= 0.6 is 0 Å². The van der Waals surface area contributed by atoms with Gasteiger partial charge in [-0.15, -0.1) is 0 Å². The summed E-state index contributed by atoms with van der Waals surface area (Å²) in [6, 6.07) is 13.7. The maximum Gasteiger partial charge on any atom is 0.278 e. The Labute approximate surface area is 172 Å². The first kappa shape index (κ1) is 19.2. The average Bonchev–Trinajstić information content (AvgIpc) is 3.39. The van der Waals surface area contributed by atoms with Crippen LogP contribution in [0.5, 0.6) is 0 Å². The van der Waals surface area contributed by atoms with Crippen molar-refractivity contribution in [3.05, 3.63) is 76.0 Å². The van der Waals surface area contributed by atoms with Crippen molar-refractivity contribution in [2.45, 2.75) is 32.2 Å². The topological polar surface area (TPSA) is 116 Å². The van der Waals surface area contributed by atoms with Crippen molar-refractivity contribution in [1.29, 1.82) is 10.5 Å². The fraction of sp³-hybridized carbons (Fsp3) is 0.227. The largest absolute Gasteiger partial charge is 0.338 e. The zero-order valence-corrected chi connectivity index (χ0v) is 16.6. The summed E-state index contributed by atoms with van der Waals surface area (Å²) in [6.07, 6.45) is 5.14. The van der Waals surface area contributed by atoms with Crippen LogP contribution in [0.25, 0.3) is 16.9 Å². The smallest absolute Gasteiger partial charge is 0.278 e. The summed E-state index contributed by atoms with van der Waals surface area (Å²) in [4.78, 5) is 16.3. The molecule has 4 aromatic rings. The molecule has 1 N–H and O–H groups in total. The van der Waals surface area contributed by atoms with Gasteiger partial charge in [0.05, 0.1) is 36.6 Å². The molecule has 0 saturated carbocycles. The van der Waals surface area contributed by atoms with Gasteiger partial charge in [0.1, 0.15) is 11.6 Å². The fourth-order valence-corrected chi connectivity index (χ4v) is 3.64. The predicted molar refractivity (Wildman–Crippen MR) is 111 cm³/mol. The fourth-order valence-electron chi connectivity index (χ4n) is 3.64. The van der Waals surface area contributed by atoms with Gasteiger partial charge in [0.15, 0.2) is 5.65 Å². The van der Waals surface area contributed by atoms with Gasteiger partial charge in [0, 0.05) is 17.3 Å². The second-order valence-corrected chi connectivity index (χ2v) is 7.30. The van der Waals surface area contributed by atoms with Gasteiger partial charge in [-0.1, -0.05) is 44.2 Å². The molecule has 8 nitrogen and oxygen atoms in total. The van der Waals surface area contributed by atoms with Gasteiger partial charge >= 0.3 is 0 Å². The van der Waals surface area contributed by atoms with E-state index >= 15 is 0 Å². The molecule has 0 aliphatic carbocycles. The van der Waals surface area contributed by atoms with Crippen LogP contribution < -0.4 is 5.56 Å². The molecule has 0 aliphatic heterocycles. The molecule has 3 aromatic heterocycles. The first-order valence-electron chi connectivity index (χ1n) is 9.55. The number of hydrogen-bond donors (Lipinski definition) is 1. The number of aromatic nitrogens is 5. The van der Waals surface area contributed by atoms with Crippen LogP contribution in [0.2, 0.25) is 0 Å². The van der Waals surface area contributed by atoms with E-state index in [4.69, 9.17) is 0 Å². The molecule has 1 atom stereocenters. The molecule has 30 heavy (non-hydrogen) atoms. The molecule has 8 heteroatoms. The minimum atomic E-state index is -0.264. The van der Waals surface area contributed by atoms with Crippen LogP contribution in [0.3, 0.4) is 0 Å². The first-order chi connectivity index (χ1) is 14.5. The highest BCUT2D eigenvalue weighted by Gasteiger charge is 2.21. The molecule has 0 aliphatic rings. The van der Waals surface area contributed by atoms with E-state index in [1.54, 1.807) is 10.9 Å². The van der Waals surface area contributed by atoms with E-state index in [-0.39, 0.29) is 23.9 Å². The number of rotatable bonds is 5. The summed E-state index contributed by atoms with van der Waals surface area (Å²) in [6.45, 7) is 3.86. The molecule has 0 saturated heterocycles. The lowest BCUT2D eigenvalue weighted by atomic mass is 10.00. The van der Waals surface area contributed by atoms with Crippen molar-refractivity contribution in [2.75, 3.05) is 0 Å². The third-order valence-corrected chi connectivity index (χ3v) is 5.08. The summed E-state index contributed by atoms with van der Waals surface area (Å²) < 4.78 is 2.96. The van der Waals surface area contributed by atoms with Crippen LogP contribution in [-0.2, 0) is 0 Å². The summed E-state index contributed by atoms with van der Waals surface area (Å²) >= 11 is 0. The van der Waals surface area contributed by atoms with Gasteiger partial charge in [-0.3, -0.25) is 9.48 Å². The highest BCUT2D eigenvalue weighted by molar-refractivity contribution is 5.67. The Kier molecular flexibility index (Phi) is 4.91. The van der Waals surface area contributed by atoms with Crippen molar-refractivity contribution in [3.8, 4) is 23.4 Å². The Morgan fingerprint density at radius 3 is 2.57 bits per heavy atom. The Balaban J connectivity index is 1.89. The molecule has 0 spiro atoms. The SMILES string of the molecule is CC(C)c1c(-c2cnn(C(CC#N)c3ccccc3)c2)[nH]c2c(C#N)cnn2c1=O. The number of aromatic amines is 1. The Hall–Kier alpha value is -4.17. The standard InChI is InChI=1S/C22H19N7O/c1-14(2)19-20(27-21-16(10-24)11-26-29(21)22(19)30)17-12-25-28(13-17)18(8-9-23)15-6-4-3-5-7-15/h3-7,11-14,18,27H,8H2,1-2H3. The van der Waals surface area contributed by atoms with E-state index in [1.165, 1.54) is 10.7 Å². The molecule has 1 unspecified atom stereocenters. The van der Waals surface area contributed by atoms with Crippen LogP contribution in [0, 0.1) is 22.7 Å². The molecule has 0 fully saturated rings. The monoisotopic (exact) mass is 397 g/mol. The highest BCUT2D eigenvalue weighted by atomic mass is 16.1. The number of H-pyrrole nitrogens is 1. The molecule has 0 amide bonds. The third kappa shape index (κ3) is 3.15. The summed E-state index contributed by atoms with van der Waals surface area (Å²) in [5.74, 6) is -0.0738. The quantitative estimate of drug-likeness (QED) is 0.554. The Bertz CT molecular complexity index is 1350. The van der Waals surface area contributed by atoms with Gasteiger partial charge in [-0.05, 0) is 11.5 Å². The molecule has 3 heterocycles. The van der Waals surface area contributed by atoms with E-state index in [9.17, 15) is 15.3 Å². The average molecular weight is 397 g/mol. The maximum atomic E-state index is 13.1. The summed E-state index contributed by atoms with van der Waals surface area (Å²) in [7, 11) is 0. The molecule has 0 bridgehead atoms. The third-order valence-electron chi connectivity index (χ3n) is 5.08. The van der Waals surface area contributed by atoms with Gasteiger partial charge in [0.25, 0.3) is 5.56 Å². The van der Waals surface area contributed by atoms with Crippen LogP contribution in [0.4, 0.5) is 0 Å². The van der Waals surface area contributed by atoms with Gasteiger partial charge in [-0.25, -0.2) is 0 Å². The second-order valence-electron chi connectivity index (χ2n) is 7.30. The van der Waals surface area contributed by atoms with Crippen molar-refractivity contribution >= 4 is 5.65 Å². The minimum Gasteiger partial charge on any atom is -0.338 e. The van der Waals surface area contributed by atoms with E-state index < -0.39 is 0 Å². The normalized spacial score (nSPS) is 12.0. The van der Waals surface area contributed by atoms with E-state index in [1.807, 2.05) is 50.4 Å². The molecule has 0 radical (unpaired) electrons.